The van der Waals surface area contributed by atoms with Crippen LogP contribution in [0.2, 0.25) is 0 Å². The minimum Gasteiger partial charge on any atom is -0.369 e. The SMILES string of the molecule is CC(N)(c1nc2nc(N)[nH]c(=O)c2[nH]1)C(F)(F)F. The Morgan fingerprint density at radius 3 is 2.39 bits per heavy atom. The molecule has 0 fully saturated rings. The van der Waals surface area contributed by atoms with Crippen molar-refractivity contribution in [3.05, 3.63) is 16.2 Å². The van der Waals surface area contributed by atoms with Crippen molar-refractivity contribution in [1.29, 1.82) is 0 Å². The number of H-pyrrole nitrogens is 2. The third-order valence-electron chi connectivity index (χ3n) is 2.46. The smallest absolute Gasteiger partial charge is 0.369 e. The summed E-state index contributed by atoms with van der Waals surface area (Å²) in [5, 5.41) is 0. The highest BCUT2D eigenvalue weighted by Crippen LogP contribution is 2.35. The molecule has 0 amide bonds. The van der Waals surface area contributed by atoms with Gasteiger partial charge < -0.3 is 16.5 Å². The number of nitrogens with zero attached hydrogens (tertiary/aromatic N) is 2. The second-order valence-electron chi connectivity index (χ2n) is 3.94. The van der Waals surface area contributed by atoms with Gasteiger partial charge in [0, 0.05) is 0 Å². The Morgan fingerprint density at radius 1 is 1.22 bits per heavy atom. The van der Waals surface area contributed by atoms with Crippen LogP contribution in [0.1, 0.15) is 12.7 Å². The lowest BCUT2D eigenvalue weighted by Crippen LogP contribution is -2.48. The van der Waals surface area contributed by atoms with Gasteiger partial charge in [-0.2, -0.15) is 18.2 Å². The molecular formula is C8H9F3N6O. The van der Waals surface area contributed by atoms with Crippen molar-refractivity contribution in [3.63, 3.8) is 0 Å². The second-order valence-corrected chi connectivity index (χ2v) is 3.94. The first-order valence-electron chi connectivity index (χ1n) is 4.74. The number of alkyl halides is 3. The van der Waals surface area contributed by atoms with E-state index < -0.39 is 23.1 Å². The molecule has 1 atom stereocenters. The summed E-state index contributed by atoms with van der Waals surface area (Å²) in [4.78, 5) is 22.9. The zero-order valence-corrected chi connectivity index (χ0v) is 9.09. The Bertz CT molecular complexity index is 655. The maximum absolute atomic E-state index is 12.7. The van der Waals surface area contributed by atoms with Gasteiger partial charge in [0.1, 0.15) is 5.82 Å². The van der Waals surface area contributed by atoms with E-state index in [1.54, 1.807) is 0 Å². The zero-order chi connectivity index (χ0) is 13.7. The summed E-state index contributed by atoms with van der Waals surface area (Å²) in [7, 11) is 0. The van der Waals surface area contributed by atoms with Gasteiger partial charge in [-0.25, -0.2) is 4.98 Å². The Labute approximate surface area is 97.4 Å². The minimum atomic E-state index is -4.72. The molecule has 0 bridgehead atoms. The molecule has 2 aromatic rings. The number of aromatic nitrogens is 4. The van der Waals surface area contributed by atoms with Gasteiger partial charge in [-0.3, -0.25) is 9.78 Å². The lowest BCUT2D eigenvalue weighted by Gasteiger charge is -2.24. The highest BCUT2D eigenvalue weighted by Gasteiger charge is 2.51. The van der Waals surface area contributed by atoms with Crippen LogP contribution in [-0.4, -0.2) is 26.1 Å². The molecule has 7 nitrogen and oxygen atoms in total. The van der Waals surface area contributed by atoms with E-state index in [2.05, 4.69) is 19.9 Å². The highest BCUT2D eigenvalue weighted by molar-refractivity contribution is 5.70. The summed E-state index contributed by atoms with van der Waals surface area (Å²) in [6, 6.07) is 0. The van der Waals surface area contributed by atoms with Crippen LogP contribution in [0.25, 0.3) is 11.2 Å². The lowest BCUT2D eigenvalue weighted by atomic mass is 10.0. The molecule has 0 aliphatic heterocycles. The Morgan fingerprint density at radius 2 is 1.83 bits per heavy atom. The number of rotatable bonds is 1. The molecule has 0 aliphatic carbocycles. The van der Waals surface area contributed by atoms with Crippen LogP contribution in [0, 0.1) is 0 Å². The van der Waals surface area contributed by atoms with Crippen molar-refractivity contribution >= 4 is 17.1 Å². The van der Waals surface area contributed by atoms with E-state index in [0.29, 0.717) is 0 Å². The van der Waals surface area contributed by atoms with Gasteiger partial charge in [0.2, 0.25) is 5.95 Å². The van der Waals surface area contributed by atoms with Gasteiger partial charge in [0.25, 0.3) is 5.56 Å². The monoisotopic (exact) mass is 262 g/mol. The van der Waals surface area contributed by atoms with Crippen LogP contribution in [0.15, 0.2) is 4.79 Å². The molecule has 10 heteroatoms. The number of fused-ring (bicyclic) bond motifs is 1. The predicted molar refractivity (Wildman–Crippen MR) is 56.5 cm³/mol. The van der Waals surface area contributed by atoms with E-state index in [0.717, 1.165) is 6.92 Å². The number of nitrogens with two attached hydrogens (primary N) is 2. The average Bonchev–Trinajstić information content (AvgIpc) is 2.59. The van der Waals surface area contributed by atoms with E-state index in [1.165, 1.54) is 0 Å². The summed E-state index contributed by atoms with van der Waals surface area (Å²) in [6.45, 7) is 0.738. The summed E-state index contributed by atoms with van der Waals surface area (Å²) >= 11 is 0. The largest absolute Gasteiger partial charge is 0.413 e. The first-order chi connectivity index (χ1) is 8.13. The molecule has 0 saturated carbocycles. The number of nitrogens with one attached hydrogen (secondary N) is 2. The quantitative estimate of drug-likeness (QED) is 0.573. The molecule has 18 heavy (non-hydrogen) atoms. The molecule has 1 unspecified atom stereocenters. The molecule has 6 N–H and O–H groups in total. The molecule has 0 radical (unpaired) electrons. The predicted octanol–water partition coefficient (Wildman–Crippen LogP) is -0.0354. The number of halogens is 3. The lowest BCUT2D eigenvalue weighted by molar-refractivity contribution is -0.186. The maximum Gasteiger partial charge on any atom is 0.413 e. The number of imidazole rings is 1. The van der Waals surface area contributed by atoms with Gasteiger partial charge in [0.05, 0.1) is 0 Å². The molecule has 2 rings (SSSR count). The third-order valence-corrected chi connectivity index (χ3v) is 2.46. The standard InChI is InChI=1S/C8H9F3N6O/c1-7(13,8(9,10)11)5-14-2-3(15-5)16-6(12)17-4(2)18/h13H2,1H3,(H4,12,14,15,16,17,18). The molecule has 0 spiro atoms. The second kappa shape index (κ2) is 3.45. The molecule has 2 aromatic heterocycles. The Hall–Kier alpha value is -2.10. The highest BCUT2D eigenvalue weighted by atomic mass is 19.4. The van der Waals surface area contributed by atoms with E-state index in [-0.39, 0.29) is 17.1 Å². The van der Waals surface area contributed by atoms with Crippen molar-refractivity contribution in [3.8, 4) is 0 Å². The molecule has 0 aromatic carbocycles. The van der Waals surface area contributed by atoms with Gasteiger partial charge in [-0.15, -0.1) is 0 Å². The van der Waals surface area contributed by atoms with E-state index >= 15 is 0 Å². The fraction of sp³-hybridized carbons (Fsp3) is 0.375. The summed E-state index contributed by atoms with van der Waals surface area (Å²) in [5.41, 5.74) is 6.58. The van der Waals surface area contributed by atoms with Crippen molar-refractivity contribution < 1.29 is 13.2 Å². The Balaban J connectivity index is 2.69. The zero-order valence-electron chi connectivity index (χ0n) is 9.09. The van der Waals surface area contributed by atoms with Crippen LogP contribution in [-0.2, 0) is 5.54 Å². The molecule has 98 valence electrons. The summed E-state index contributed by atoms with van der Waals surface area (Å²) in [6.07, 6.45) is -4.72. The number of anilines is 1. The number of hydrogen-bond acceptors (Lipinski definition) is 5. The third kappa shape index (κ3) is 1.70. The van der Waals surface area contributed by atoms with Gasteiger partial charge >= 0.3 is 6.18 Å². The van der Waals surface area contributed by atoms with Crippen LogP contribution in [0.5, 0.6) is 0 Å². The van der Waals surface area contributed by atoms with Crippen LogP contribution >= 0.6 is 0 Å². The number of aromatic amines is 2. The van der Waals surface area contributed by atoms with Gasteiger partial charge in [-0.1, -0.05) is 0 Å². The Kier molecular flexibility index (Phi) is 2.37. The van der Waals surface area contributed by atoms with Crippen molar-refractivity contribution in [2.45, 2.75) is 18.6 Å². The van der Waals surface area contributed by atoms with Crippen molar-refractivity contribution in [2.75, 3.05) is 5.73 Å². The first-order valence-corrected chi connectivity index (χ1v) is 4.74. The first kappa shape index (κ1) is 12.4. The minimum absolute atomic E-state index is 0.208. The van der Waals surface area contributed by atoms with Crippen molar-refractivity contribution in [1.82, 2.24) is 19.9 Å². The average molecular weight is 262 g/mol. The van der Waals surface area contributed by atoms with Crippen molar-refractivity contribution in [2.24, 2.45) is 5.73 Å². The van der Waals surface area contributed by atoms with E-state index in [9.17, 15) is 18.0 Å². The van der Waals surface area contributed by atoms with Crippen LogP contribution in [0.4, 0.5) is 19.1 Å². The van der Waals surface area contributed by atoms with E-state index in [1.807, 2.05) is 0 Å². The maximum atomic E-state index is 12.7. The van der Waals surface area contributed by atoms with E-state index in [4.69, 9.17) is 11.5 Å². The summed E-state index contributed by atoms with van der Waals surface area (Å²) < 4.78 is 38.1. The molecule has 0 saturated heterocycles. The fourth-order valence-corrected chi connectivity index (χ4v) is 1.30. The topological polar surface area (TPSA) is 126 Å². The van der Waals surface area contributed by atoms with Gasteiger partial charge in [-0.05, 0) is 6.92 Å². The molecule has 2 heterocycles. The van der Waals surface area contributed by atoms with Crippen LogP contribution in [0.3, 0.4) is 0 Å². The number of nitrogen functional groups attached to an aromatic ring is 1. The number of hydrogen-bond donors (Lipinski definition) is 4. The van der Waals surface area contributed by atoms with Crippen LogP contribution < -0.4 is 17.0 Å². The normalized spacial score (nSPS) is 15.8. The molecule has 0 aliphatic rings. The van der Waals surface area contributed by atoms with Gasteiger partial charge in [0.15, 0.2) is 16.7 Å². The summed E-state index contributed by atoms with van der Waals surface area (Å²) in [5.74, 6) is -0.843. The fourth-order valence-electron chi connectivity index (χ4n) is 1.30. The molecular weight excluding hydrogens is 253 g/mol.